The monoisotopic (exact) mass is 438 g/mol. The van der Waals surface area contributed by atoms with E-state index < -0.39 is 10.0 Å². The summed E-state index contributed by atoms with van der Waals surface area (Å²) in [5.41, 5.74) is 0.818. The van der Waals surface area contributed by atoms with Crippen LogP contribution in [0.1, 0.15) is 36.0 Å². The highest BCUT2D eigenvalue weighted by Crippen LogP contribution is 2.30. The van der Waals surface area contributed by atoms with Crippen LogP contribution in [0.5, 0.6) is 5.75 Å². The molecule has 0 aliphatic carbocycles. The van der Waals surface area contributed by atoms with Crippen molar-refractivity contribution in [3.8, 4) is 5.75 Å². The zero-order valence-corrected chi connectivity index (χ0v) is 18.3. The SMILES string of the molecule is COc1ccc(S(=O)(=O)N2CCCCCC2)cc1NC(=O)c1ccc2ccccc2c1. The minimum Gasteiger partial charge on any atom is -0.495 e. The van der Waals surface area contributed by atoms with E-state index in [2.05, 4.69) is 5.32 Å². The van der Waals surface area contributed by atoms with Gasteiger partial charge in [0.2, 0.25) is 10.0 Å². The van der Waals surface area contributed by atoms with Crippen LogP contribution < -0.4 is 10.1 Å². The minimum absolute atomic E-state index is 0.156. The highest BCUT2D eigenvalue weighted by Gasteiger charge is 2.26. The third-order valence-corrected chi connectivity index (χ3v) is 7.53. The third kappa shape index (κ3) is 4.57. The molecule has 6 nitrogen and oxygen atoms in total. The number of benzene rings is 3. The Labute approximate surface area is 182 Å². The molecule has 1 aliphatic heterocycles. The number of carbonyl (C=O) groups is 1. The number of anilines is 1. The van der Waals surface area contributed by atoms with Gasteiger partial charge in [0, 0.05) is 18.7 Å². The van der Waals surface area contributed by atoms with E-state index in [1.807, 2.05) is 36.4 Å². The Morgan fingerprint density at radius 3 is 2.32 bits per heavy atom. The van der Waals surface area contributed by atoms with Crippen LogP contribution in [-0.2, 0) is 10.0 Å². The van der Waals surface area contributed by atoms with Crippen LogP contribution in [0.25, 0.3) is 10.8 Å². The molecule has 0 atom stereocenters. The lowest BCUT2D eigenvalue weighted by Gasteiger charge is -2.21. The van der Waals surface area contributed by atoms with E-state index in [-0.39, 0.29) is 10.8 Å². The maximum Gasteiger partial charge on any atom is 0.255 e. The summed E-state index contributed by atoms with van der Waals surface area (Å²) in [6.07, 6.45) is 3.81. The van der Waals surface area contributed by atoms with E-state index in [9.17, 15) is 13.2 Å². The van der Waals surface area contributed by atoms with E-state index >= 15 is 0 Å². The number of amides is 1. The van der Waals surface area contributed by atoms with Crippen LogP contribution >= 0.6 is 0 Å². The molecule has 0 saturated carbocycles. The first-order chi connectivity index (χ1) is 15.0. The summed E-state index contributed by atoms with van der Waals surface area (Å²) < 4.78 is 33.2. The van der Waals surface area contributed by atoms with Crippen LogP contribution in [0.15, 0.2) is 65.6 Å². The van der Waals surface area contributed by atoms with Crippen LogP contribution in [0.3, 0.4) is 0 Å². The first kappa shape index (κ1) is 21.3. The second-order valence-corrected chi connectivity index (χ2v) is 9.63. The average Bonchev–Trinajstić information content (AvgIpc) is 3.09. The number of nitrogens with one attached hydrogen (secondary N) is 1. The molecule has 1 fully saturated rings. The molecular weight excluding hydrogens is 412 g/mol. The number of hydrogen-bond donors (Lipinski definition) is 1. The molecule has 0 unspecified atom stereocenters. The van der Waals surface area contributed by atoms with Crippen molar-refractivity contribution in [1.29, 1.82) is 0 Å². The lowest BCUT2D eigenvalue weighted by Crippen LogP contribution is -2.32. The first-order valence-electron chi connectivity index (χ1n) is 10.5. The van der Waals surface area contributed by atoms with Crippen LogP contribution in [0, 0.1) is 0 Å². The number of fused-ring (bicyclic) bond motifs is 1. The summed E-state index contributed by atoms with van der Waals surface area (Å²) in [6.45, 7) is 1.04. The molecule has 1 heterocycles. The van der Waals surface area contributed by atoms with Gasteiger partial charge in [-0.25, -0.2) is 8.42 Å². The number of hydrogen-bond acceptors (Lipinski definition) is 4. The molecule has 31 heavy (non-hydrogen) atoms. The molecule has 1 amide bonds. The standard InChI is InChI=1S/C24H26N2O4S/c1-30-23-13-12-21(31(28,29)26-14-6-2-3-7-15-26)17-22(23)25-24(27)20-11-10-18-8-4-5-9-19(18)16-20/h4-5,8-13,16-17H,2-3,6-7,14-15H2,1H3,(H,25,27). The summed E-state index contributed by atoms with van der Waals surface area (Å²) in [4.78, 5) is 13.1. The molecule has 162 valence electrons. The quantitative estimate of drug-likeness (QED) is 0.628. The fourth-order valence-corrected chi connectivity index (χ4v) is 5.45. The Morgan fingerprint density at radius 2 is 1.61 bits per heavy atom. The summed E-state index contributed by atoms with van der Waals surface area (Å²) in [6, 6.07) is 17.9. The molecule has 0 aromatic heterocycles. The zero-order valence-electron chi connectivity index (χ0n) is 17.5. The number of methoxy groups -OCH3 is 1. The number of carbonyl (C=O) groups excluding carboxylic acids is 1. The Bertz CT molecular complexity index is 1200. The van der Waals surface area contributed by atoms with Crippen molar-refractivity contribution in [2.45, 2.75) is 30.6 Å². The summed E-state index contributed by atoms with van der Waals surface area (Å²) >= 11 is 0. The lowest BCUT2D eigenvalue weighted by atomic mass is 10.1. The minimum atomic E-state index is -3.64. The van der Waals surface area contributed by atoms with Gasteiger partial charge in [-0.2, -0.15) is 4.31 Å². The van der Waals surface area contributed by atoms with E-state index in [1.165, 1.54) is 23.5 Å². The molecular formula is C24H26N2O4S. The molecule has 4 rings (SSSR count). The van der Waals surface area contributed by atoms with E-state index in [0.717, 1.165) is 36.5 Å². The number of rotatable bonds is 5. The number of sulfonamides is 1. The third-order valence-electron chi connectivity index (χ3n) is 5.63. The van der Waals surface area contributed by atoms with Gasteiger partial charge in [0.1, 0.15) is 5.75 Å². The van der Waals surface area contributed by atoms with Crippen molar-refractivity contribution in [2.75, 3.05) is 25.5 Å². The number of ether oxygens (including phenoxy) is 1. The van der Waals surface area contributed by atoms with Gasteiger partial charge >= 0.3 is 0 Å². The molecule has 7 heteroatoms. The highest BCUT2D eigenvalue weighted by molar-refractivity contribution is 7.89. The molecule has 1 aliphatic rings. The molecule has 3 aromatic rings. The summed E-state index contributed by atoms with van der Waals surface area (Å²) in [5, 5.41) is 4.82. The topological polar surface area (TPSA) is 75.7 Å². The van der Waals surface area contributed by atoms with Gasteiger partial charge in [0.25, 0.3) is 5.91 Å². The van der Waals surface area contributed by atoms with Crippen LogP contribution in [0.4, 0.5) is 5.69 Å². The smallest absolute Gasteiger partial charge is 0.255 e. The molecule has 0 radical (unpaired) electrons. The van der Waals surface area contributed by atoms with E-state index in [0.29, 0.717) is 30.1 Å². The molecule has 0 bridgehead atoms. The van der Waals surface area contributed by atoms with Crippen molar-refractivity contribution in [2.24, 2.45) is 0 Å². The van der Waals surface area contributed by atoms with Crippen molar-refractivity contribution in [3.05, 3.63) is 66.2 Å². The zero-order chi connectivity index (χ0) is 21.8. The van der Waals surface area contributed by atoms with E-state index in [1.54, 1.807) is 12.1 Å². The second-order valence-electron chi connectivity index (χ2n) is 7.70. The van der Waals surface area contributed by atoms with Gasteiger partial charge in [-0.3, -0.25) is 4.79 Å². The van der Waals surface area contributed by atoms with Crippen molar-refractivity contribution in [3.63, 3.8) is 0 Å². The Kier molecular flexibility index (Phi) is 6.25. The summed E-state index contributed by atoms with van der Waals surface area (Å²) in [5.74, 6) is 0.0809. The van der Waals surface area contributed by atoms with Crippen molar-refractivity contribution in [1.82, 2.24) is 4.31 Å². The van der Waals surface area contributed by atoms with Gasteiger partial charge in [-0.15, -0.1) is 0 Å². The Morgan fingerprint density at radius 1 is 0.903 bits per heavy atom. The Balaban J connectivity index is 1.63. The molecule has 1 N–H and O–H groups in total. The molecule has 3 aromatic carbocycles. The van der Waals surface area contributed by atoms with Gasteiger partial charge in [0.15, 0.2) is 0 Å². The number of nitrogens with zero attached hydrogens (tertiary/aromatic N) is 1. The normalized spacial score (nSPS) is 15.4. The lowest BCUT2D eigenvalue weighted by molar-refractivity contribution is 0.102. The first-order valence-corrected chi connectivity index (χ1v) is 11.9. The van der Waals surface area contributed by atoms with Crippen LogP contribution in [-0.4, -0.2) is 38.8 Å². The maximum atomic E-state index is 13.2. The van der Waals surface area contributed by atoms with Crippen LogP contribution in [0.2, 0.25) is 0 Å². The Hall–Kier alpha value is -2.90. The maximum absolute atomic E-state index is 13.2. The molecule has 0 spiro atoms. The highest BCUT2D eigenvalue weighted by atomic mass is 32.2. The van der Waals surface area contributed by atoms with Gasteiger partial charge in [0.05, 0.1) is 17.7 Å². The van der Waals surface area contributed by atoms with Gasteiger partial charge < -0.3 is 10.1 Å². The van der Waals surface area contributed by atoms with E-state index in [4.69, 9.17) is 4.74 Å². The predicted octanol–water partition coefficient (Wildman–Crippen LogP) is 4.67. The fraction of sp³-hybridized carbons (Fsp3) is 0.292. The average molecular weight is 439 g/mol. The van der Waals surface area contributed by atoms with Gasteiger partial charge in [-0.1, -0.05) is 43.2 Å². The van der Waals surface area contributed by atoms with Gasteiger partial charge in [-0.05, 0) is 53.9 Å². The summed E-state index contributed by atoms with van der Waals surface area (Å²) in [7, 11) is -2.15. The second kappa shape index (κ2) is 9.08. The van der Waals surface area contributed by atoms with Crippen molar-refractivity contribution < 1.29 is 17.9 Å². The van der Waals surface area contributed by atoms with Crippen molar-refractivity contribution >= 4 is 32.4 Å². The molecule has 1 saturated heterocycles. The predicted molar refractivity (Wildman–Crippen MR) is 122 cm³/mol. The fourth-order valence-electron chi connectivity index (χ4n) is 3.90. The largest absolute Gasteiger partial charge is 0.495 e.